The van der Waals surface area contributed by atoms with Gasteiger partial charge in [-0.25, -0.2) is 4.79 Å². The number of rotatable bonds is 5. The molecule has 0 saturated heterocycles. The van der Waals surface area contributed by atoms with Crippen LogP contribution in [-0.4, -0.2) is 29.9 Å². The van der Waals surface area contributed by atoms with Crippen molar-refractivity contribution in [2.75, 3.05) is 11.9 Å². The van der Waals surface area contributed by atoms with E-state index in [1.54, 1.807) is 0 Å². The summed E-state index contributed by atoms with van der Waals surface area (Å²) < 4.78 is 5.00. The highest BCUT2D eigenvalue weighted by Gasteiger charge is 2.18. The normalized spacial score (nSPS) is 9.67. The van der Waals surface area contributed by atoms with Gasteiger partial charge in [-0.2, -0.15) is 0 Å². The van der Waals surface area contributed by atoms with Crippen LogP contribution in [-0.2, 0) is 9.59 Å². The SMILES string of the molecule is CC(=O)Nc1c(C(=O)O)ccc(OCC=O)c1Cl. The van der Waals surface area contributed by atoms with Crippen molar-refractivity contribution in [2.45, 2.75) is 6.92 Å². The van der Waals surface area contributed by atoms with Crippen molar-refractivity contribution in [1.82, 2.24) is 0 Å². The fourth-order valence-electron chi connectivity index (χ4n) is 1.27. The van der Waals surface area contributed by atoms with E-state index in [0.29, 0.717) is 6.29 Å². The first-order valence-corrected chi connectivity index (χ1v) is 5.25. The summed E-state index contributed by atoms with van der Waals surface area (Å²) in [6.07, 6.45) is 0.527. The number of carbonyl (C=O) groups is 3. The monoisotopic (exact) mass is 271 g/mol. The number of hydrogen-bond acceptors (Lipinski definition) is 4. The van der Waals surface area contributed by atoms with Gasteiger partial charge in [-0.15, -0.1) is 0 Å². The minimum atomic E-state index is -1.23. The minimum absolute atomic E-state index is 0.0555. The molecule has 2 N–H and O–H groups in total. The third kappa shape index (κ3) is 3.21. The molecule has 0 fully saturated rings. The van der Waals surface area contributed by atoms with Crippen LogP contribution in [0.5, 0.6) is 5.75 Å². The molecule has 0 aliphatic rings. The second-order valence-corrected chi connectivity index (χ2v) is 3.64. The number of carboxylic acids is 1. The number of benzene rings is 1. The van der Waals surface area contributed by atoms with Crippen molar-refractivity contribution in [3.8, 4) is 5.75 Å². The van der Waals surface area contributed by atoms with E-state index < -0.39 is 11.9 Å². The second kappa shape index (κ2) is 6.02. The van der Waals surface area contributed by atoms with Gasteiger partial charge in [0, 0.05) is 6.92 Å². The Morgan fingerprint density at radius 2 is 2.17 bits per heavy atom. The number of carboxylic acid groups (broad SMARTS) is 1. The lowest BCUT2D eigenvalue weighted by Crippen LogP contribution is -2.12. The lowest BCUT2D eigenvalue weighted by molar-refractivity contribution is -0.114. The Kier molecular flexibility index (Phi) is 4.67. The zero-order valence-electron chi connectivity index (χ0n) is 9.40. The number of carbonyl (C=O) groups excluding carboxylic acids is 2. The molecule has 1 aromatic carbocycles. The molecule has 1 aromatic rings. The molecule has 18 heavy (non-hydrogen) atoms. The van der Waals surface area contributed by atoms with Crippen LogP contribution in [0.2, 0.25) is 5.02 Å². The first-order valence-electron chi connectivity index (χ1n) is 4.87. The number of aromatic carboxylic acids is 1. The zero-order valence-corrected chi connectivity index (χ0v) is 10.2. The highest BCUT2D eigenvalue weighted by molar-refractivity contribution is 6.36. The summed E-state index contributed by atoms with van der Waals surface area (Å²) in [5, 5.41) is 11.2. The molecule has 1 amide bonds. The van der Waals surface area contributed by atoms with Crippen molar-refractivity contribution in [3.05, 3.63) is 22.7 Å². The van der Waals surface area contributed by atoms with Gasteiger partial charge in [0.25, 0.3) is 0 Å². The minimum Gasteiger partial charge on any atom is -0.485 e. The lowest BCUT2D eigenvalue weighted by Gasteiger charge is -2.12. The van der Waals surface area contributed by atoms with Gasteiger partial charge in [0.2, 0.25) is 5.91 Å². The number of ether oxygens (including phenoxy) is 1. The van der Waals surface area contributed by atoms with Crippen LogP contribution in [0.15, 0.2) is 12.1 Å². The fourth-order valence-corrected chi connectivity index (χ4v) is 1.54. The van der Waals surface area contributed by atoms with Crippen molar-refractivity contribution in [1.29, 1.82) is 0 Å². The van der Waals surface area contributed by atoms with Crippen LogP contribution in [0.1, 0.15) is 17.3 Å². The van der Waals surface area contributed by atoms with Gasteiger partial charge >= 0.3 is 5.97 Å². The molecule has 0 heterocycles. The van der Waals surface area contributed by atoms with E-state index in [4.69, 9.17) is 21.4 Å². The summed E-state index contributed by atoms with van der Waals surface area (Å²) in [7, 11) is 0. The van der Waals surface area contributed by atoms with Gasteiger partial charge in [0.1, 0.15) is 17.4 Å². The molecule has 0 unspecified atom stereocenters. The number of halogens is 1. The molecule has 6 nitrogen and oxygen atoms in total. The average molecular weight is 272 g/mol. The van der Waals surface area contributed by atoms with Crippen LogP contribution in [0.4, 0.5) is 5.69 Å². The van der Waals surface area contributed by atoms with Crippen molar-refractivity contribution < 1.29 is 24.2 Å². The largest absolute Gasteiger partial charge is 0.485 e. The smallest absolute Gasteiger partial charge is 0.337 e. The zero-order chi connectivity index (χ0) is 13.7. The lowest BCUT2D eigenvalue weighted by atomic mass is 10.1. The van der Waals surface area contributed by atoms with E-state index in [1.165, 1.54) is 19.1 Å². The Bertz CT molecular complexity index is 500. The van der Waals surface area contributed by atoms with Gasteiger partial charge in [0.05, 0.1) is 11.3 Å². The molecule has 0 bridgehead atoms. The average Bonchev–Trinajstić information content (AvgIpc) is 2.29. The molecule has 0 spiro atoms. The number of nitrogens with one attached hydrogen (secondary N) is 1. The highest BCUT2D eigenvalue weighted by atomic mass is 35.5. The summed E-state index contributed by atoms with van der Waals surface area (Å²) in [6.45, 7) is 1.01. The molecule has 0 aliphatic heterocycles. The molecular weight excluding hydrogens is 262 g/mol. The van der Waals surface area contributed by atoms with Crippen LogP contribution in [0.3, 0.4) is 0 Å². The number of amides is 1. The van der Waals surface area contributed by atoms with Crippen LogP contribution < -0.4 is 10.1 Å². The number of hydrogen-bond donors (Lipinski definition) is 2. The van der Waals surface area contributed by atoms with E-state index in [9.17, 15) is 14.4 Å². The molecule has 0 radical (unpaired) electrons. The van der Waals surface area contributed by atoms with Gasteiger partial charge < -0.3 is 15.2 Å². The Morgan fingerprint density at radius 1 is 1.50 bits per heavy atom. The van der Waals surface area contributed by atoms with E-state index in [-0.39, 0.29) is 28.6 Å². The maximum atomic E-state index is 11.0. The van der Waals surface area contributed by atoms with E-state index >= 15 is 0 Å². The van der Waals surface area contributed by atoms with Crippen LogP contribution in [0.25, 0.3) is 0 Å². The van der Waals surface area contributed by atoms with Crippen molar-refractivity contribution >= 4 is 35.5 Å². The number of aldehydes is 1. The Morgan fingerprint density at radius 3 is 2.67 bits per heavy atom. The van der Waals surface area contributed by atoms with E-state index in [2.05, 4.69) is 5.32 Å². The fraction of sp³-hybridized carbons (Fsp3) is 0.182. The maximum absolute atomic E-state index is 11.0. The summed E-state index contributed by atoms with van der Waals surface area (Å²) in [4.78, 5) is 32.2. The van der Waals surface area contributed by atoms with Gasteiger partial charge in [-0.1, -0.05) is 11.6 Å². The molecule has 0 saturated carbocycles. The predicted octanol–water partition coefficient (Wildman–Crippen LogP) is 1.57. The quantitative estimate of drug-likeness (QED) is 0.793. The third-order valence-corrected chi connectivity index (χ3v) is 2.32. The Balaban J connectivity index is 3.25. The summed E-state index contributed by atoms with van der Waals surface area (Å²) in [6, 6.07) is 2.56. The van der Waals surface area contributed by atoms with Crippen molar-refractivity contribution in [2.24, 2.45) is 0 Å². The van der Waals surface area contributed by atoms with Gasteiger partial charge in [-0.05, 0) is 12.1 Å². The Labute approximate surface area is 108 Å². The summed E-state index contributed by atoms with van der Waals surface area (Å²) in [5.74, 6) is -1.58. The predicted molar refractivity (Wildman–Crippen MR) is 64.3 cm³/mol. The molecule has 1 rings (SSSR count). The van der Waals surface area contributed by atoms with E-state index in [0.717, 1.165) is 0 Å². The van der Waals surface area contributed by atoms with Crippen LogP contribution >= 0.6 is 11.6 Å². The molecule has 96 valence electrons. The van der Waals surface area contributed by atoms with Crippen molar-refractivity contribution in [3.63, 3.8) is 0 Å². The molecule has 0 atom stereocenters. The number of anilines is 1. The summed E-state index contributed by atoms with van der Waals surface area (Å²) >= 11 is 5.92. The van der Waals surface area contributed by atoms with Gasteiger partial charge in [-0.3, -0.25) is 9.59 Å². The first kappa shape index (κ1) is 14.0. The maximum Gasteiger partial charge on any atom is 0.337 e. The Hall–Kier alpha value is -2.08. The third-order valence-electron chi connectivity index (χ3n) is 1.94. The van der Waals surface area contributed by atoms with E-state index in [1.807, 2.05) is 0 Å². The highest BCUT2D eigenvalue weighted by Crippen LogP contribution is 2.35. The molecular formula is C11H10ClNO5. The summed E-state index contributed by atoms with van der Waals surface area (Å²) in [5.41, 5.74) is -0.214. The molecule has 0 aromatic heterocycles. The second-order valence-electron chi connectivity index (χ2n) is 3.26. The topological polar surface area (TPSA) is 92.7 Å². The van der Waals surface area contributed by atoms with Crippen LogP contribution in [0, 0.1) is 0 Å². The van der Waals surface area contributed by atoms with Gasteiger partial charge in [0.15, 0.2) is 6.29 Å². The molecule has 0 aliphatic carbocycles. The first-order chi connectivity index (χ1) is 8.47. The standard InChI is InChI=1S/C11H10ClNO5/c1-6(15)13-10-7(11(16)17)2-3-8(9(10)12)18-5-4-14/h2-4H,5H2,1H3,(H,13,15)(H,16,17). The molecule has 7 heteroatoms.